The summed E-state index contributed by atoms with van der Waals surface area (Å²) in [6.07, 6.45) is 6.45. The molecule has 292 valence electrons. The molecule has 3 aliphatic rings. The number of amides is 2. The number of nitrogens with one attached hydrogen (secondary N) is 2. The first kappa shape index (κ1) is 38.8. The van der Waals surface area contributed by atoms with Crippen LogP contribution in [-0.2, 0) is 34.3 Å². The Balaban J connectivity index is 1.04. The van der Waals surface area contributed by atoms with Gasteiger partial charge in [0, 0.05) is 110 Å². The molecule has 1 aromatic heterocycles. The molecule has 0 saturated carbocycles. The Kier molecular flexibility index (Phi) is 12.1. The van der Waals surface area contributed by atoms with Gasteiger partial charge in [0.1, 0.15) is 5.75 Å². The summed E-state index contributed by atoms with van der Waals surface area (Å²) in [5.74, 6) is 0.899. The van der Waals surface area contributed by atoms with Gasteiger partial charge in [-0.2, -0.15) is 9.40 Å². The second-order valence-corrected chi connectivity index (χ2v) is 17.0. The van der Waals surface area contributed by atoms with Gasteiger partial charge in [-0.1, -0.05) is 29.8 Å². The molecule has 12 nitrogen and oxygen atoms in total. The van der Waals surface area contributed by atoms with Crippen LogP contribution in [0.25, 0.3) is 22.4 Å². The number of halogens is 1. The normalized spacial score (nSPS) is 17.0. The van der Waals surface area contributed by atoms with Crippen molar-refractivity contribution in [3.8, 4) is 28.1 Å². The minimum Gasteiger partial charge on any atom is -0.497 e. The van der Waals surface area contributed by atoms with Gasteiger partial charge in [0.2, 0.25) is 15.9 Å². The number of aromatic nitrogens is 2. The molecule has 7 rings (SSSR count). The molecule has 14 heteroatoms. The lowest BCUT2D eigenvalue weighted by Gasteiger charge is -2.36. The fourth-order valence-electron chi connectivity index (χ4n) is 8.04. The standard InChI is InChI=1S/C41H50ClN7O5S/c1-54-34-12-10-32(11-13-34)43-18-19-44-41(51)31-7-3-6-29(26-31)35-27-30(9-14-37(35)42)40-36-28-47(55(2,52)53)25-17-38(36)49(45-40)22-5-20-46-23-15-33(16-24-46)48-21-4-8-39(48)50/h3,6-7,9-14,26-27,33,43H,4-5,8,15-25,28H2,1-2H3,(H,44,51). The monoisotopic (exact) mass is 787 g/mol. The van der Waals surface area contributed by atoms with Crippen molar-refractivity contribution in [2.75, 3.05) is 64.5 Å². The van der Waals surface area contributed by atoms with Crippen molar-refractivity contribution < 1.29 is 22.7 Å². The molecule has 4 aromatic rings. The van der Waals surface area contributed by atoms with E-state index in [1.54, 1.807) is 13.2 Å². The van der Waals surface area contributed by atoms with Crippen molar-refractivity contribution in [1.82, 2.24) is 29.2 Å². The molecule has 2 fully saturated rings. The lowest BCUT2D eigenvalue weighted by atomic mass is 9.97. The lowest BCUT2D eigenvalue weighted by molar-refractivity contribution is -0.130. The van der Waals surface area contributed by atoms with Crippen LogP contribution >= 0.6 is 11.6 Å². The second-order valence-electron chi connectivity index (χ2n) is 14.6. The zero-order chi connectivity index (χ0) is 38.5. The summed E-state index contributed by atoms with van der Waals surface area (Å²) in [5.41, 5.74) is 6.56. The van der Waals surface area contributed by atoms with E-state index in [1.165, 1.54) is 10.6 Å². The number of hydrogen-bond donors (Lipinski definition) is 2. The summed E-state index contributed by atoms with van der Waals surface area (Å²) < 4.78 is 34.2. The molecule has 55 heavy (non-hydrogen) atoms. The predicted octanol–water partition coefficient (Wildman–Crippen LogP) is 5.52. The number of anilines is 1. The maximum Gasteiger partial charge on any atom is 0.251 e. The SMILES string of the molecule is COc1ccc(NCCNC(=O)c2cccc(-c3cc(-c4nn(CCCN5CCC(N6CCCC6=O)CC5)c5c4CN(S(C)(=O)=O)CC5)ccc3Cl)c2)cc1. The number of nitrogens with zero attached hydrogens (tertiary/aromatic N) is 5. The molecule has 3 aromatic carbocycles. The van der Waals surface area contributed by atoms with Crippen LogP contribution in [0.3, 0.4) is 0 Å². The molecule has 0 spiro atoms. The largest absolute Gasteiger partial charge is 0.497 e. The molecule has 2 N–H and O–H groups in total. The Labute approximate surface area is 328 Å². The van der Waals surface area contributed by atoms with Crippen LogP contribution in [-0.4, -0.2) is 109 Å². The number of piperidine rings is 1. The van der Waals surface area contributed by atoms with Gasteiger partial charge in [-0.15, -0.1) is 0 Å². The maximum atomic E-state index is 13.2. The quantitative estimate of drug-likeness (QED) is 0.160. The molecule has 0 unspecified atom stereocenters. The minimum absolute atomic E-state index is 0.189. The van der Waals surface area contributed by atoms with E-state index in [9.17, 15) is 18.0 Å². The number of benzene rings is 3. The van der Waals surface area contributed by atoms with Gasteiger partial charge in [0.25, 0.3) is 5.91 Å². The van der Waals surface area contributed by atoms with Crippen LogP contribution in [0.2, 0.25) is 5.02 Å². The van der Waals surface area contributed by atoms with Crippen molar-refractivity contribution >= 4 is 39.1 Å². The molecule has 2 saturated heterocycles. The number of likely N-dealkylation sites (tertiary alicyclic amines) is 2. The number of carbonyl (C=O) groups is 2. The zero-order valence-electron chi connectivity index (χ0n) is 31.6. The lowest BCUT2D eigenvalue weighted by Crippen LogP contribution is -2.45. The summed E-state index contributed by atoms with van der Waals surface area (Å²) in [5, 5.41) is 11.9. The predicted molar refractivity (Wildman–Crippen MR) is 216 cm³/mol. The molecular formula is C41H50ClN7O5S. The Hall–Kier alpha value is -4.43. The van der Waals surface area contributed by atoms with E-state index in [2.05, 4.69) is 25.1 Å². The number of fused-ring (bicyclic) bond motifs is 1. The van der Waals surface area contributed by atoms with E-state index < -0.39 is 10.0 Å². The highest BCUT2D eigenvalue weighted by Crippen LogP contribution is 2.36. The highest BCUT2D eigenvalue weighted by molar-refractivity contribution is 7.88. The molecule has 0 radical (unpaired) electrons. The van der Waals surface area contributed by atoms with Crippen LogP contribution in [0.4, 0.5) is 5.69 Å². The fourth-order valence-corrected chi connectivity index (χ4v) is 9.05. The number of hydrogen-bond acceptors (Lipinski definition) is 8. The summed E-state index contributed by atoms with van der Waals surface area (Å²) in [6.45, 7) is 6.19. The van der Waals surface area contributed by atoms with E-state index in [0.717, 1.165) is 103 Å². The van der Waals surface area contributed by atoms with Crippen LogP contribution in [0.5, 0.6) is 5.75 Å². The average Bonchev–Trinajstić information content (AvgIpc) is 3.79. The Morgan fingerprint density at radius 2 is 1.75 bits per heavy atom. The van der Waals surface area contributed by atoms with Crippen LogP contribution in [0.15, 0.2) is 66.7 Å². The smallest absolute Gasteiger partial charge is 0.251 e. The van der Waals surface area contributed by atoms with Gasteiger partial charge in [0.05, 0.1) is 19.1 Å². The molecule has 0 aliphatic carbocycles. The van der Waals surface area contributed by atoms with Crippen molar-refractivity contribution in [2.24, 2.45) is 0 Å². The van der Waals surface area contributed by atoms with E-state index in [4.69, 9.17) is 21.4 Å². The first-order chi connectivity index (χ1) is 26.6. The number of aryl methyl sites for hydroxylation is 1. The van der Waals surface area contributed by atoms with Gasteiger partial charge < -0.3 is 25.2 Å². The van der Waals surface area contributed by atoms with Crippen molar-refractivity contribution in [1.29, 1.82) is 0 Å². The van der Waals surface area contributed by atoms with Gasteiger partial charge >= 0.3 is 0 Å². The van der Waals surface area contributed by atoms with E-state index in [0.29, 0.717) is 55.0 Å². The van der Waals surface area contributed by atoms with Gasteiger partial charge in [-0.05, 0) is 86.3 Å². The van der Waals surface area contributed by atoms with Gasteiger partial charge in [-0.3, -0.25) is 14.3 Å². The average molecular weight is 788 g/mol. The third-order valence-corrected chi connectivity index (χ3v) is 12.6. The highest BCUT2D eigenvalue weighted by Gasteiger charge is 2.32. The van der Waals surface area contributed by atoms with Crippen LogP contribution < -0.4 is 15.4 Å². The molecule has 4 heterocycles. The fraction of sp³-hybridized carbons (Fsp3) is 0.439. The summed E-state index contributed by atoms with van der Waals surface area (Å²) >= 11 is 6.80. The number of methoxy groups -OCH3 is 1. The maximum absolute atomic E-state index is 13.2. The third kappa shape index (κ3) is 9.18. The van der Waals surface area contributed by atoms with Gasteiger partial charge in [0.15, 0.2) is 0 Å². The summed E-state index contributed by atoms with van der Waals surface area (Å²) in [7, 11) is -1.77. The minimum atomic E-state index is -3.40. The topological polar surface area (TPSA) is 129 Å². The molecule has 0 bridgehead atoms. The van der Waals surface area contributed by atoms with Crippen molar-refractivity contribution in [3.05, 3.63) is 88.6 Å². The number of sulfonamides is 1. The molecule has 0 atom stereocenters. The second kappa shape index (κ2) is 17.2. The number of rotatable bonds is 14. The number of ether oxygens (including phenoxy) is 1. The highest BCUT2D eigenvalue weighted by atomic mass is 35.5. The molecular weight excluding hydrogens is 738 g/mol. The number of carbonyl (C=O) groups excluding carboxylic acids is 2. The first-order valence-electron chi connectivity index (χ1n) is 19.2. The van der Waals surface area contributed by atoms with Gasteiger partial charge in [-0.25, -0.2) is 8.42 Å². The summed E-state index contributed by atoms with van der Waals surface area (Å²) in [6, 6.07) is 21.1. The zero-order valence-corrected chi connectivity index (χ0v) is 33.2. The van der Waals surface area contributed by atoms with Crippen molar-refractivity contribution in [3.63, 3.8) is 0 Å². The molecule has 3 aliphatic heterocycles. The Morgan fingerprint density at radius 3 is 2.47 bits per heavy atom. The Morgan fingerprint density at radius 1 is 0.945 bits per heavy atom. The van der Waals surface area contributed by atoms with E-state index in [1.807, 2.05) is 60.7 Å². The Bertz CT molecular complexity index is 2120. The first-order valence-corrected chi connectivity index (χ1v) is 21.4. The van der Waals surface area contributed by atoms with Crippen LogP contribution in [0.1, 0.15) is 53.7 Å². The van der Waals surface area contributed by atoms with Crippen LogP contribution in [0, 0.1) is 0 Å². The molecule has 2 amide bonds. The van der Waals surface area contributed by atoms with Crippen molar-refractivity contribution in [2.45, 2.75) is 57.7 Å². The van der Waals surface area contributed by atoms with E-state index >= 15 is 0 Å². The third-order valence-electron chi connectivity index (χ3n) is 11.0. The van der Waals surface area contributed by atoms with E-state index in [-0.39, 0.29) is 12.5 Å². The summed E-state index contributed by atoms with van der Waals surface area (Å²) in [4.78, 5) is 30.0.